The van der Waals surface area contributed by atoms with E-state index in [4.69, 9.17) is 22.1 Å². The number of nitrogens with zero attached hydrogens (tertiary/aromatic N) is 1. The largest absolute Gasteiger partial charge is 0.481 e. The summed E-state index contributed by atoms with van der Waals surface area (Å²) in [6, 6.07) is 7.01. The molecule has 0 bridgehead atoms. The molecule has 1 atom stereocenters. The highest BCUT2D eigenvalue weighted by atomic mass is 35.5. The van der Waals surface area contributed by atoms with Crippen molar-refractivity contribution in [1.82, 2.24) is 4.90 Å². The number of carbonyl (C=O) groups is 2. The highest BCUT2D eigenvalue weighted by Crippen LogP contribution is 2.22. The van der Waals surface area contributed by atoms with Crippen molar-refractivity contribution in [1.29, 1.82) is 0 Å². The second-order valence-electron chi connectivity index (χ2n) is 5.47. The fourth-order valence-electron chi connectivity index (χ4n) is 2.60. The summed E-state index contributed by atoms with van der Waals surface area (Å²) in [6.07, 6.45) is 1.27. The van der Waals surface area contributed by atoms with Crippen LogP contribution in [0.4, 0.5) is 0 Å². The molecule has 0 aromatic heterocycles. The van der Waals surface area contributed by atoms with E-state index in [0.717, 1.165) is 0 Å². The zero-order chi connectivity index (χ0) is 16.1. The van der Waals surface area contributed by atoms with Gasteiger partial charge in [0.2, 0.25) is 5.91 Å². The SMILES string of the molecule is CC[C@H](Oc1cccc(Cl)c1)C(=O)N1CCC(C(N)=O)CC1. The summed E-state index contributed by atoms with van der Waals surface area (Å²) >= 11 is 5.93. The minimum atomic E-state index is -0.538. The van der Waals surface area contributed by atoms with Crippen LogP contribution in [0.2, 0.25) is 5.02 Å². The molecule has 0 saturated carbocycles. The van der Waals surface area contributed by atoms with Crippen LogP contribution in [0.3, 0.4) is 0 Å². The van der Waals surface area contributed by atoms with Gasteiger partial charge in [0, 0.05) is 24.0 Å². The van der Waals surface area contributed by atoms with Crippen molar-refractivity contribution in [2.45, 2.75) is 32.3 Å². The van der Waals surface area contributed by atoms with E-state index in [1.165, 1.54) is 0 Å². The van der Waals surface area contributed by atoms with Gasteiger partial charge in [0.25, 0.3) is 5.91 Å². The standard InChI is InChI=1S/C16H21ClN2O3/c1-2-14(22-13-5-3-4-12(17)10-13)16(21)19-8-6-11(7-9-19)15(18)20/h3-5,10-11,14H,2,6-9H2,1H3,(H2,18,20)/t14-/m0/s1. The number of nitrogens with two attached hydrogens (primary N) is 1. The predicted molar refractivity (Wildman–Crippen MR) is 84.7 cm³/mol. The number of primary amides is 1. The maximum Gasteiger partial charge on any atom is 0.263 e. The third kappa shape index (κ3) is 4.13. The van der Waals surface area contributed by atoms with Crippen LogP contribution in [0.15, 0.2) is 24.3 Å². The van der Waals surface area contributed by atoms with E-state index in [2.05, 4.69) is 0 Å². The summed E-state index contributed by atoms with van der Waals surface area (Å²) in [6.45, 7) is 2.99. The molecule has 22 heavy (non-hydrogen) atoms. The Labute approximate surface area is 135 Å². The van der Waals surface area contributed by atoms with Gasteiger partial charge < -0.3 is 15.4 Å². The Morgan fingerprint density at radius 1 is 1.41 bits per heavy atom. The van der Waals surface area contributed by atoms with Crippen LogP contribution in [-0.4, -0.2) is 35.9 Å². The molecule has 0 aliphatic carbocycles. The van der Waals surface area contributed by atoms with Gasteiger partial charge in [-0.2, -0.15) is 0 Å². The van der Waals surface area contributed by atoms with Crippen LogP contribution in [0.5, 0.6) is 5.75 Å². The van der Waals surface area contributed by atoms with Gasteiger partial charge in [0.1, 0.15) is 5.75 Å². The van der Waals surface area contributed by atoms with Gasteiger partial charge in [-0.15, -0.1) is 0 Å². The molecule has 1 saturated heterocycles. The van der Waals surface area contributed by atoms with Crippen LogP contribution in [-0.2, 0) is 9.59 Å². The van der Waals surface area contributed by atoms with Gasteiger partial charge in [-0.3, -0.25) is 9.59 Å². The first kappa shape index (κ1) is 16.6. The van der Waals surface area contributed by atoms with E-state index in [-0.39, 0.29) is 17.7 Å². The lowest BCUT2D eigenvalue weighted by Crippen LogP contribution is -2.47. The summed E-state index contributed by atoms with van der Waals surface area (Å²) < 4.78 is 5.77. The lowest BCUT2D eigenvalue weighted by molar-refractivity contribution is -0.141. The molecule has 0 spiro atoms. The lowest BCUT2D eigenvalue weighted by Gasteiger charge is -2.33. The number of hydrogen-bond donors (Lipinski definition) is 1. The molecule has 120 valence electrons. The number of rotatable bonds is 5. The molecule has 1 aromatic rings. The van der Waals surface area contributed by atoms with Gasteiger partial charge in [-0.05, 0) is 37.5 Å². The molecule has 5 nitrogen and oxygen atoms in total. The molecule has 0 unspecified atom stereocenters. The fourth-order valence-corrected chi connectivity index (χ4v) is 2.78. The van der Waals surface area contributed by atoms with Gasteiger partial charge in [-0.1, -0.05) is 24.6 Å². The first-order chi connectivity index (χ1) is 10.5. The van der Waals surface area contributed by atoms with Crippen molar-refractivity contribution in [3.8, 4) is 5.75 Å². The van der Waals surface area contributed by atoms with Gasteiger partial charge >= 0.3 is 0 Å². The van der Waals surface area contributed by atoms with E-state index in [9.17, 15) is 9.59 Å². The van der Waals surface area contributed by atoms with Crippen molar-refractivity contribution in [2.75, 3.05) is 13.1 Å². The van der Waals surface area contributed by atoms with Gasteiger partial charge in [-0.25, -0.2) is 0 Å². The van der Waals surface area contributed by atoms with Crippen LogP contribution in [0.1, 0.15) is 26.2 Å². The smallest absolute Gasteiger partial charge is 0.263 e. The van der Waals surface area contributed by atoms with E-state index in [0.29, 0.717) is 43.1 Å². The van der Waals surface area contributed by atoms with Crippen LogP contribution >= 0.6 is 11.6 Å². The highest BCUT2D eigenvalue weighted by Gasteiger charge is 2.30. The van der Waals surface area contributed by atoms with Crippen molar-refractivity contribution in [3.05, 3.63) is 29.3 Å². The quantitative estimate of drug-likeness (QED) is 0.902. The van der Waals surface area contributed by atoms with E-state index >= 15 is 0 Å². The Morgan fingerprint density at radius 2 is 2.09 bits per heavy atom. The Balaban J connectivity index is 1.96. The molecule has 2 N–H and O–H groups in total. The lowest BCUT2D eigenvalue weighted by atomic mass is 9.96. The Bertz CT molecular complexity index is 542. The maximum absolute atomic E-state index is 12.5. The fraction of sp³-hybridized carbons (Fsp3) is 0.500. The van der Waals surface area contributed by atoms with Crippen LogP contribution in [0, 0.1) is 5.92 Å². The topological polar surface area (TPSA) is 72.6 Å². The average molecular weight is 325 g/mol. The van der Waals surface area contributed by atoms with Crippen LogP contribution in [0.25, 0.3) is 0 Å². The van der Waals surface area contributed by atoms with Gasteiger partial charge in [0.15, 0.2) is 6.10 Å². The molecule has 1 heterocycles. The maximum atomic E-state index is 12.5. The molecule has 1 aromatic carbocycles. The van der Waals surface area contributed by atoms with Crippen molar-refractivity contribution >= 4 is 23.4 Å². The Hall–Kier alpha value is -1.75. The first-order valence-electron chi connectivity index (χ1n) is 7.51. The molecule has 1 aliphatic rings. The second kappa shape index (κ2) is 7.49. The number of hydrogen-bond acceptors (Lipinski definition) is 3. The summed E-state index contributed by atoms with van der Waals surface area (Å²) in [5.41, 5.74) is 5.31. The molecule has 2 rings (SSSR count). The minimum absolute atomic E-state index is 0.0506. The summed E-state index contributed by atoms with van der Waals surface area (Å²) in [7, 11) is 0. The molecule has 1 fully saturated rings. The van der Waals surface area contributed by atoms with E-state index in [1.54, 1.807) is 29.2 Å². The zero-order valence-corrected chi connectivity index (χ0v) is 13.4. The van der Waals surface area contributed by atoms with Crippen molar-refractivity contribution < 1.29 is 14.3 Å². The molecule has 6 heteroatoms. The molecule has 0 radical (unpaired) electrons. The predicted octanol–water partition coefficient (Wildman–Crippen LogP) is 2.22. The van der Waals surface area contributed by atoms with Crippen molar-refractivity contribution in [2.24, 2.45) is 11.7 Å². The monoisotopic (exact) mass is 324 g/mol. The number of piperidine rings is 1. The highest BCUT2D eigenvalue weighted by molar-refractivity contribution is 6.30. The number of amides is 2. The molecule has 1 aliphatic heterocycles. The first-order valence-corrected chi connectivity index (χ1v) is 7.89. The van der Waals surface area contributed by atoms with E-state index in [1.807, 2.05) is 6.92 Å². The number of halogens is 1. The zero-order valence-electron chi connectivity index (χ0n) is 12.6. The molecular formula is C16H21ClN2O3. The Kier molecular flexibility index (Phi) is 5.66. The number of benzene rings is 1. The number of likely N-dealkylation sites (tertiary alicyclic amines) is 1. The van der Waals surface area contributed by atoms with Crippen molar-refractivity contribution in [3.63, 3.8) is 0 Å². The van der Waals surface area contributed by atoms with Crippen LogP contribution < -0.4 is 10.5 Å². The molecular weight excluding hydrogens is 304 g/mol. The van der Waals surface area contributed by atoms with E-state index < -0.39 is 6.10 Å². The number of ether oxygens (including phenoxy) is 1. The summed E-state index contributed by atoms with van der Waals surface area (Å²) in [4.78, 5) is 25.5. The minimum Gasteiger partial charge on any atom is -0.481 e. The summed E-state index contributed by atoms with van der Waals surface area (Å²) in [5.74, 6) is 0.123. The number of carbonyl (C=O) groups excluding carboxylic acids is 2. The third-order valence-electron chi connectivity index (χ3n) is 3.93. The second-order valence-corrected chi connectivity index (χ2v) is 5.91. The Morgan fingerprint density at radius 3 is 2.64 bits per heavy atom. The third-order valence-corrected chi connectivity index (χ3v) is 4.16. The summed E-state index contributed by atoms with van der Waals surface area (Å²) in [5, 5.41) is 0.571. The average Bonchev–Trinajstić information content (AvgIpc) is 2.52. The van der Waals surface area contributed by atoms with Gasteiger partial charge in [0.05, 0.1) is 0 Å². The molecule has 2 amide bonds. The normalized spacial score (nSPS) is 17.1.